The number of carbonyl (C=O) groups is 1. The Labute approximate surface area is 108 Å². The van der Waals surface area contributed by atoms with Crippen LogP contribution in [-0.4, -0.2) is 49.0 Å². The number of carbonyl (C=O) groups excluding carboxylic acids is 1. The van der Waals surface area contributed by atoms with Gasteiger partial charge in [0.05, 0.1) is 11.9 Å². The molecule has 1 aromatic rings. The number of nitrogens with zero attached hydrogens (tertiary/aromatic N) is 3. The van der Waals surface area contributed by atoms with Crippen molar-refractivity contribution in [1.82, 2.24) is 9.88 Å². The van der Waals surface area contributed by atoms with Crippen LogP contribution in [-0.2, 0) is 4.79 Å². The molecule has 1 fully saturated rings. The lowest BCUT2D eigenvalue weighted by molar-refractivity contribution is -0.115. The summed E-state index contributed by atoms with van der Waals surface area (Å²) in [6.45, 7) is 6.04. The molecule has 0 bridgehead atoms. The van der Waals surface area contributed by atoms with E-state index in [4.69, 9.17) is 0 Å². The van der Waals surface area contributed by atoms with Gasteiger partial charge in [0.1, 0.15) is 5.82 Å². The van der Waals surface area contributed by atoms with Gasteiger partial charge in [0, 0.05) is 32.6 Å². The molecule has 0 atom stereocenters. The molecule has 2 rings (SSSR count). The van der Waals surface area contributed by atoms with Crippen LogP contribution in [0.3, 0.4) is 0 Å². The second kappa shape index (κ2) is 5.82. The van der Waals surface area contributed by atoms with E-state index < -0.39 is 0 Å². The maximum atomic E-state index is 11.2. The Balaban J connectivity index is 1.97. The van der Waals surface area contributed by atoms with Crippen LogP contribution in [0.2, 0.25) is 0 Å². The van der Waals surface area contributed by atoms with Crippen molar-refractivity contribution < 1.29 is 4.79 Å². The summed E-state index contributed by atoms with van der Waals surface area (Å²) in [6, 6.07) is 3.88. The van der Waals surface area contributed by atoms with Crippen molar-refractivity contribution in [3.63, 3.8) is 0 Å². The van der Waals surface area contributed by atoms with Crippen LogP contribution in [0.5, 0.6) is 0 Å². The Hall–Kier alpha value is -1.62. The first kappa shape index (κ1) is 12.8. The first-order valence-corrected chi connectivity index (χ1v) is 6.38. The molecule has 0 unspecified atom stereocenters. The number of hydrogen-bond donors (Lipinski definition) is 1. The van der Waals surface area contributed by atoms with Gasteiger partial charge in [-0.15, -0.1) is 0 Å². The summed E-state index contributed by atoms with van der Waals surface area (Å²) in [5.41, 5.74) is 1.12. The largest absolute Gasteiger partial charge is 0.368 e. The number of rotatable bonds is 3. The summed E-state index contributed by atoms with van der Waals surface area (Å²) in [4.78, 5) is 20.1. The van der Waals surface area contributed by atoms with Crippen LogP contribution in [0.25, 0.3) is 0 Å². The monoisotopic (exact) mass is 248 g/mol. The molecule has 1 saturated heterocycles. The summed E-state index contributed by atoms with van der Waals surface area (Å²) in [7, 11) is 2.14. The third-order valence-corrected chi connectivity index (χ3v) is 3.20. The number of hydrogen-bond acceptors (Lipinski definition) is 4. The van der Waals surface area contributed by atoms with Gasteiger partial charge in [-0.2, -0.15) is 0 Å². The fourth-order valence-corrected chi connectivity index (χ4v) is 1.94. The molecule has 18 heavy (non-hydrogen) atoms. The highest BCUT2D eigenvalue weighted by atomic mass is 16.1. The molecule has 0 aliphatic carbocycles. The van der Waals surface area contributed by atoms with Crippen LogP contribution in [0.1, 0.15) is 13.3 Å². The molecule has 5 heteroatoms. The minimum absolute atomic E-state index is 0.00477. The fourth-order valence-electron chi connectivity index (χ4n) is 1.94. The maximum Gasteiger partial charge on any atom is 0.225 e. The number of pyridine rings is 1. The molecule has 1 aliphatic rings. The van der Waals surface area contributed by atoms with Gasteiger partial charge in [-0.1, -0.05) is 6.92 Å². The zero-order chi connectivity index (χ0) is 13.0. The van der Waals surface area contributed by atoms with E-state index in [1.807, 2.05) is 25.3 Å². The Kier molecular flexibility index (Phi) is 4.15. The van der Waals surface area contributed by atoms with Crippen molar-refractivity contribution in [1.29, 1.82) is 0 Å². The first-order chi connectivity index (χ1) is 8.69. The smallest absolute Gasteiger partial charge is 0.225 e. The zero-order valence-corrected chi connectivity index (χ0v) is 11.0. The van der Waals surface area contributed by atoms with Crippen LogP contribution >= 0.6 is 0 Å². The Bertz CT molecular complexity index is 396. The van der Waals surface area contributed by atoms with E-state index in [2.05, 4.69) is 27.1 Å². The van der Waals surface area contributed by atoms with Crippen molar-refractivity contribution in [2.75, 3.05) is 43.4 Å². The average Bonchev–Trinajstić information content (AvgIpc) is 2.40. The summed E-state index contributed by atoms with van der Waals surface area (Å²) in [6.07, 6.45) is 2.30. The average molecular weight is 248 g/mol. The molecule has 0 radical (unpaired) electrons. The van der Waals surface area contributed by atoms with Gasteiger partial charge in [0.25, 0.3) is 0 Å². The van der Waals surface area contributed by atoms with E-state index >= 15 is 0 Å². The summed E-state index contributed by atoms with van der Waals surface area (Å²) < 4.78 is 0. The van der Waals surface area contributed by atoms with E-state index in [0.29, 0.717) is 12.2 Å². The highest BCUT2D eigenvalue weighted by molar-refractivity contribution is 5.89. The first-order valence-electron chi connectivity index (χ1n) is 6.38. The Morgan fingerprint density at radius 2 is 2.06 bits per heavy atom. The highest BCUT2D eigenvalue weighted by Crippen LogP contribution is 2.16. The number of amides is 1. The molecule has 2 heterocycles. The zero-order valence-electron chi connectivity index (χ0n) is 11.0. The second-order valence-electron chi connectivity index (χ2n) is 4.59. The molecular formula is C13H20N4O. The van der Waals surface area contributed by atoms with Crippen molar-refractivity contribution in [3.8, 4) is 0 Å². The Morgan fingerprint density at radius 1 is 1.33 bits per heavy atom. The third-order valence-electron chi connectivity index (χ3n) is 3.20. The van der Waals surface area contributed by atoms with Crippen molar-refractivity contribution in [3.05, 3.63) is 18.3 Å². The van der Waals surface area contributed by atoms with Gasteiger partial charge in [0.15, 0.2) is 0 Å². The number of likely N-dealkylation sites (N-methyl/N-ethyl adjacent to an activating group) is 1. The quantitative estimate of drug-likeness (QED) is 0.872. The van der Waals surface area contributed by atoms with Crippen LogP contribution in [0, 0.1) is 0 Å². The van der Waals surface area contributed by atoms with Gasteiger partial charge in [-0.25, -0.2) is 4.98 Å². The molecule has 1 amide bonds. The summed E-state index contributed by atoms with van der Waals surface area (Å²) >= 11 is 0. The van der Waals surface area contributed by atoms with Crippen molar-refractivity contribution in [2.45, 2.75) is 13.3 Å². The van der Waals surface area contributed by atoms with E-state index in [-0.39, 0.29) is 5.91 Å². The van der Waals surface area contributed by atoms with Gasteiger partial charge < -0.3 is 15.1 Å². The van der Waals surface area contributed by atoms with E-state index in [0.717, 1.165) is 31.9 Å². The third kappa shape index (κ3) is 3.20. The van der Waals surface area contributed by atoms with Crippen LogP contribution in [0.15, 0.2) is 18.3 Å². The number of aromatic nitrogens is 1. The molecule has 1 aromatic heterocycles. The second-order valence-corrected chi connectivity index (χ2v) is 4.59. The van der Waals surface area contributed by atoms with Gasteiger partial charge >= 0.3 is 0 Å². The normalized spacial score (nSPS) is 16.7. The van der Waals surface area contributed by atoms with Crippen molar-refractivity contribution >= 4 is 17.4 Å². The number of nitrogens with one attached hydrogen (secondary N) is 1. The van der Waals surface area contributed by atoms with Crippen LogP contribution < -0.4 is 10.2 Å². The lowest BCUT2D eigenvalue weighted by Gasteiger charge is -2.33. The fraction of sp³-hybridized carbons (Fsp3) is 0.538. The van der Waals surface area contributed by atoms with Gasteiger partial charge in [-0.05, 0) is 19.2 Å². The van der Waals surface area contributed by atoms with Gasteiger partial charge in [0.2, 0.25) is 5.91 Å². The molecule has 1 aliphatic heterocycles. The van der Waals surface area contributed by atoms with E-state index in [9.17, 15) is 4.79 Å². The molecule has 1 N–H and O–H groups in total. The standard InChI is InChI=1S/C13H20N4O/c1-3-13(18)15-12-5-4-11(10-14-12)17-8-6-16(2)7-9-17/h4-5,10H,3,6-9H2,1-2H3,(H,14,15,18). The lowest BCUT2D eigenvalue weighted by Crippen LogP contribution is -2.44. The van der Waals surface area contributed by atoms with Gasteiger partial charge in [-0.3, -0.25) is 4.79 Å². The molecule has 5 nitrogen and oxygen atoms in total. The minimum Gasteiger partial charge on any atom is -0.368 e. The maximum absolute atomic E-state index is 11.2. The predicted molar refractivity (Wildman–Crippen MR) is 72.9 cm³/mol. The van der Waals surface area contributed by atoms with E-state index in [1.54, 1.807) is 0 Å². The van der Waals surface area contributed by atoms with E-state index in [1.165, 1.54) is 0 Å². The highest BCUT2D eigenvalue weighted by Gasteiger charge is 2.14. The Morgan fingerprint density at radius 3 is 2.61 bits per heavy atom. The number of anilines is 2. The summed E-state index contributed by atoms with van der Waals surface area (Å²) in [5, 5.41) is 2.75. The van der Waals surface area contributed by atoms with Crippen LogP contribution in [0.4, 0.5) is 11.5 Å². The molecule has 0 aromatic carbocycles. The minimum atomic E-state index is -0.00477. The number of piperazine rings is 1. The SMILES string of the molecule is CCC(=O)Nc1ccc(N2CCN(C)CC2)cn1. The topological polar surface area (TPSA) is 48.5 Å². The lowest BCUT2D eigenvalue weighted by atomic mass is 10.3. The van der Waals surface area contributed by atoms with Crippen molar-refractivity contribution in [2.24, 2.45) is 0 Å². The molecule has 98 valence electrons. The summed E-state index contributed by atoms with van der Waals surface area (Å²) in [5.74, 6) is 0.620. The predicted octanol–water partition coefficient (Wildman–Crippen LogP) is 1.18. The molecular weight excluding hydrogens is 228 g/mol. The molecule has 0 spiro atoms. The molecule has 0 saturated carbocycles.